The highest BCUT2D eigenvalue weighted by Gasteiger charge is 2.11. The first-order valence-corrected chi connectivity index (χ1v) is 7.60. The molecular formula is C16H22N2S. The van der Waals surface area contributed by atoms with Gasteiger partial charge in [0.05, 0.1) is 5.01 Å². The molecule has 1 aromatic carbocycles. The van der Waals surface area contributed by atoms with Crippen LogP contribution in [0.1, 0.15) is 21.0 Å². The van der Waals surface area contributed by atoms with Crippen molar-refractivity contribution in [3.05, 3.63) is 51.5 Å². The second kappa shape index (κ2) is 6.83. The van der Waals surface area contributed by atoms with Gasteiger partial charge in [0.15, 0.2) is 0 Å². The summed E-state index contributed by atoms with van der Waals surface area (Å²) in [6, 6.07) is 8.89. The average Bonchev–Trinajstić information content (AvgIpc) is 2.78. The lowest BCUT2D eigenvalue weighted by molar-refractivity contribution is 0.496. The molecule has 0 aliphatic rings. The molecule has 19 heavy (non-hydrogen) atoms. The molecule has 0 bridgehead atoms. The Labute approximate surface area is 119 Å². The maximum absolute atomic E-state index is 4.35. The monoisotopic (exact) mass is 274 g/mol. The quantitative estimate of drug-likeness (QED) is 0.873. The highest BCUT2D eigenvalue weighted by atomic mass is 32.1. The van der Waals surface area contributed by atoms with Crippen LogP contribution in [0.2, 0.25) is 0 Å². The largest absolute Gasteiger partial charge is 0.319 e. The van der Waals surface area contributed by atoms with Crippen molar-refractivity contribution in [3.8, 4) is 0 Å². The predicted octanol–water partition coefficient (Wildman–Crippen LogP) is 3.38. The minimum Gasteiger partial charge on any atom is -0.319 e. The summed E-state index contributed by atoms with van der Waals surface area (Å²) in [4.78, 5) is 5.74. The lowest BCUT2D eigenvalue weighted by Crippen LogP contribution is -2.22. The summed E-state index contributed by atoms with van der Waals surface area (Å²) in [7, 11) is 2.03. The van der Waals surface area contributed by atoms with Gasteiger partial charge in [0.1, 0.15) is 0 Å². The number of hydrogen-bond donors (Lipinski definition) is 1. The fourth-order valence-electron chi connectivity index (χ4n) is 2.35. The number of nitrogens with zero attached hydrogens (tertiary/aromatic N) is 1. The van der Waals surface area contributed by atoms with Crippen LogP contribution in [0.5, 0.6) is 0 Å². The van der Waals surface area contributed by atoms with Gasteiger partial charge in [-0.2, -0.15) is 0 Å². The van der Waals surface area contributed by atoms with Gasteiger partial charge in [-0.1, -0.05) is 29.8 Å². The van der Waals surface area contributed by atoms with Gasteiger partial charge in [0, 0.05) is 11.1 Å². The SMILES string of the molecule is CNCC(Cc1ccc(C)cc1)Cc1cnc(C)s1. The average molecular weight is 274 g/mol. The van der Waals surface area contributed by atoms with Crippen LogP contribution in [-0.4, -0.2) is 18.6 Å². The van der Waals surface area contributed by atoms with Crippen LogP contribution in [0.25, 0.3) is 0 Å². The van der Waals surface area contributed by atoms with Gasteiger partial charge in [-0.3, -0.25) is 0 Å². The second-order valence-electron chi connectivity index (χ2n) is 5.16. The Morgan fingerprint density at radius 1 is 1.16 bits per heavy atom. The van der Waals surface area contributed by atoms with Crippen molar-refractivity contribution in [2.24, 2.45) is 5.92 Å². The van der Waals surface area contributed by atoms with Crippen LogP contribution in [0, 0.1) is 19.8 Å². The van der Waals surface area contributed by atoms with Gasteiger partial charge in [-0.05, 0) is 51.8 Å². The number of nitrogens with one attached hydrogen (secondary N) is 1. The topological polar surface area (TPSA) is 24.9 Å². The van der Waals surface area contributed by atoms with Crippen molar-refractivity contribution >= 4 is 11.3 Å². The molecule has 0 amide bonds. The zero-order chi connectivity index (χ0) is 13.7. The highest BCUT2D eigenvalue weighted by Crippen LogP contribution is 2.19. The lowest BCUT2D eigenvalue weighted by Gasteiger charge is -2.15. The number of aromatic nitrogens is 1. The molecule has 0 fully saturated rings. The number of aryl methyl sites for hydroxylation is 2. The molecule has 0 radical (unpaired) electrons. The minimum absolute atomic E-state index is 0.632. The molecular weight excluding hydrogens is 252 g/mol. The molecule has 0 spiro atoms. The first-order chi connectivity index (χ1) is 9.17. The molecule has 3 heteroatoms. The smallest absolute Gasteiger partial charge is 0.0896 e. The zero-order valence-corrected chi connectivity index (χ0v) is 12.8. The summed E-state index contributed by atoms with van der Waals surface area (Å²) in [5.41, 5.74) is 2.75. The second-order valence-corrected chi connectivity index (χ2v) is 6.48. The van der Waals surface area contributed by atoms with Crippen LogP contribution < -0.4 is 5.32 Å². The summed E-state index contributed by atoms with van der Waals surface area (Å²) in [6.45, 7) is 5.25. The van der Waals surface area contributed by atoms with Gasteiger partial charge < -0.3 is 5.32 Å². The molecule has 102 valence electrons. The third kappa shape index (κ3) is 4.44. The van der Waals surface area contributed by atoms with E-state index in [4.69, 9.17) is 0 Å². The molecule has 1 unspecified atom stereocenters. The van der Waals surface area contributed by atoms with E-state index in [9.17, 15) is 0 Å². The fraction of sp³-hybridized carbons (Fsp3) is 0.438. The standard InChI is InChI=1S/C16H22N2S/c1-12-4-6-14(7-5-12)8-15(10-17-3)9-16-11-18-13(2)19-16/h4-7,11,15,17H,8-10H2,1-3H3. The first kappa shape index (κ1) is 14.2. The Hall–Kier alpha value is -1.19. The van der Waals surface area contributed by atoms with Crippen molar-refractivity contribution in [1.82, 2.24) is 10.3 Å². The van der Waals surface area contributed by atoms with E-state index < -0.39 is 0 Å². The van der Waals surface area contributed by atoms with Crippen molar-refractivity contribution < 1.29 is 0 Å². The molecule has 1 N–H and O–H groups in total. The molecule has 2 rings (SSSR count). The predicted molar refractivity (Wildman–Crippen MR) is 82.9 cm³/mol. The molecule has 1 aromatic heterocycles. The highest BCUT2D eigenvalue weighted by molar-refractivity contribution is 7.11. The Balaban J connectivity index is 2.01. The summed E-state index contributed by atoms with van der Waals surface area (Å²) >= 11 is 1.82. The van der Waals surface area contributed by atoms with Gasteiger partial charge >= 0.3 is 0 Å². The summed E-state index contributed by atoms with van der Waals surface area (Å²) in [5.74, 6) is 0.632. The summed E-state index contributed by atoms with van der Waals surface area (Å²) in [6.07, 6.45) is 4.26. The van der Waals surface area contributed by atoms with Crippen molar-refractivity contribution in [2.75, 3.05) is 13.6 Å². The van der Waals surface area contributed by atoms with Crippen molar-refractivity contribution in [3.63, 3.8) is 0 Å². The Morgan fingerprint density at radius 2 is 1.89 bits per heavy atom. The van der Waals surface area contributed by atoms with E-state index >= 15 is 0 Å². The van der Waals surface area contributed by atoms with E-state index in [2.05, 4.69) is 48.4 Å². The Kier molecular flexibility index (Phi) is 5.11. The van der Waals surface area contributed by atoms with E-state index in [1.807, 2.05) is 24.6 Å². The number of thiazole rings is 1. The van der Waals surface area contributed by atoms with Crippen LogP contribution >= 0.6 is 11.3 Å². The Bertz CT molecular complexity index is 502. The third-order valence-corrected chi connectivity index (χ3v) is 4.23. The fourth-order valence-corrected chi connectivity index (χ4v) is 3.26. The van der Waals surface area contributed by atoms with Gasteiger partial charge in [-0.15, -0.1) is 11.3 Å². The molecule has 1 heterocycles. The molecule has 0 saturated heterocycles. The molecule has 2 nitrogen and oxygen atoms in total. The van der Waals surface area contributed by atoms with Gasteiger partial charge in [0.25, 0.3) is 0 Å². The maximum atomic E-state index is 4.35. The van der Waals surface area contributed by atoms with Crippen LogP contribution in [0.4, 0.5) is 0 Å². The molecule has 1 atom stereocenters. The number of hydrogen-bond acceptors (Lipinski definition) is 3. The van der Waals surface area contributed by atoms with E-state index in [0.717, 1.165) is 24.4 Å². The first-order valence-electron chi connectivity index (χ1n) is 6.79. The van der Waals surface area contributed by atoms with Crippen LogP contribution in [0.15, 0.2) is 30.5 Å². The molecule has 0 aliphatic carbocycles. The van der Waals surface area contributed by atoms with Gasteiger partial charge in [-0.25, -0.2) is 4.98 Å². The Morgan fingerprint density at radius 3 is 2.47 bits per heavy atom. The van der Waals surface area contributed by atoms with Crippen LogP contribution in [-0.2, 0) is 12.8 Å². The minimum atomic E-state index is 0.632. The van der Waals surface area contributed by atoms with Crippen molar-refractivity contribution in [1.29, 1.82) is 0 Å². The summed E-state index contributed by atoms with van der Waals surface area (Å²) < 4.78 is 0. The maximum Gasteiger partial charge on any atom is 0.0896 e. The third-order valence-electron chi connectivity index (χ3n) is 3.30. The van der Waals surface area contributed by atoms with Gasteiger partial charge in [0.2, 0.25) is 0 Å². The van der Waals surface area contributed by atoms with E-state index in [-0.39, 0.29) is 0 Å². The summed E-state index contributed by atoms with van der Waals surface area (Å²) in [5, 5.41) is 4.47. The normalized spacial score (nSPS) is 12.6. The molecule has 0 aliphatic heterocycles. The lowest BCUT2D eigenvalue weighted by atomic mass is 9.95. The van der Waals surface area contributed by atoms with E-state index in [1.165, 1.54) is 16.0 Å². The van der Waals surface area contributed by atoms with E-state index in [0.29, 0.717) is 5.92 Å². The molecule has 0 saturated carbocycles. The van der Waals surface area contributed by atoms with Crippen molar-refractivity contribution in [2.45, 2.75) is 26.7 Å². The zero-order valence-electron chi connectivity index (χ0n) is 11.9. The van der Waals surface area contributed by atoms with Crippen LogP contribution in [0.3, 0.4) is 0 Å². The van der Waals surface area contributed by atoms with E-state index in [1.54, 1.807) is 0 Å². The molecule has 2 aromatic rings. The number of rotatable bonds is 6. The number of benzene rings is 1.